The highest BCUT2D eigenvalue weighted by Crippen LogP contribution is 2.22. The fourth-order valence-electron chi connectivity index (χ4n) is 2.07. The molecule has 5 nitrogen and oxygen atoms in total. The largest absolute Gasteiger partial charge is 0.308 e. The van der Waals surface area contributed by atoms with Crippen molar-refractivity contribution in [3.05, 3.63) is 27.9 Å². The Morgan fingerprint density at radius 2 is 2.05 bits per heavy atom. The van der Waals surface area contributed by atoms with Crippen LogP contribution < -0.4 is 9.60 Å². The Morgan fingerprint density at radius 1 is 1.33 bits per heavy atom. The SMILES string of the molecule is CCCn1c(=O)sc2cc(S(=O)(=O)N[C@@H](C)CC)ccc21. The average Bonchev–Trinajstić information content (AvgIpc) is 2.74. The van der Waals surface area contributed by atoms with Crippen LogP contribution in [-0.4, -0.2) is 19.0 Å². The summed E-state index contributed by atoms with van der Waals surface area (Å²) in [6.45, 7) is 6.40. The standard InChI is InChI=1S/C14H20N2O3S2/c1-4-8-16-12-7-6-11(9-13(12)20-14(16)17)21(18,19)15-10(3)5-2/h6-7,9-10,15H,4-5,8H2,1-3H3/t10-/m0/s1. The van der Waals surface area contributed by atoms with Crippen molar-refractivity contribution >= 4 is 31.6 Å². The zero-order valence-corrected chi connectivity index (χ0v) is 14.1. The van der Waals surface area contributed by atoms with E-state index in [9.17, 15) is 13.2 Å². The molecule has 0 aliphatic carbocycles. The molecule has 7 heteroatoms. The maximum Gasteiger partial charge on any atom is 0.308 e. The summed E-state index contributed by atoms with van der Waals surface area (Å²) in [7, 11) is -3.53. The lowest BCUT2D eigenvalue weighted by atomic mass is 10.3. The molecule has 0 bridgehead atoms. The van der Waals surface area contributed by atoms with Crippen LogP contribution in [0.2, 0.25) is 0 Å². The Balaban J connectivity index is 2.47. The maximum absolute atomic E-state index is 12.3. The van der Waals surface area contributed by atoms with Gasteiger partial charge in [-0.15, -0.1) is 0 Å². The van der Waals surface area contributed by atoms with Crippen molar-refractivity contribution in [3.63, 3.8) is 0 Å². The highest BCUT2D eigenvalue weighted by Gasteiger charge is 2.18. The number of fused-ring (bicyclic) bond motifs is 1. The lowest BCUT2D eigenvalue weighted by Gasteiger charge is -2.12. The Hall–Kier alpha value is -1.18. The van der Waals surface area contributed by atoms with Crippen molar-refractivity contribution in [2.75, 3.05) is 0 Å². The molecule has 1 heterocycles. The van der Waals surface area contributed by atoms with Gasteiger partial charge in [0.15, 0.2) is 0 Å². The van der Waals surface area contributed by atoms with Crippen LogP contribution in [0.3, 0.4) is 0 Å². The number of hydrogen-bond donors (Lipinski definition) is 1. The monoisotopic (exact) mass is 328 g/mol. The maximum atomic E-state index is 12.3. The van der Waals surface area contributed by atoms with Crippen LogP contribution in [0.1, 0.15) is 33.6 Å². The Labute approximate surface area is 128 Å². The molecule has 0 spiro atoms. The molecule has 0 fully saturated rings. The van der Waals surface area contributed by atoms with Crippen LogP contribution in [0.4, 0.5) is 0 Å². The molecule has 0 aliphatic heterocycles. The van der Waals surface area contributed by atoms with Crippen LogP contribution in [0.25, 0.3) is 10.2 Å². The van der Waals surface area contributed by atoms with E-state index in [1.807, 2.05) is 20.8 Å². The molecule has 1 atom stereocenters. The molecule has 0 unspecified atom stereocenters. The first-order valence-electron chi connectivity index (χ1n) is 7.04. The van der Waals surface area contributed by atoms with Gasteiger partial charge in [-0.05, 0) is 38.0 Å². The van der Waals surface area contributed by atoms with E-state index >= 15 is 0 Å². The van der Waals surface area contributed by atoms with E-state index in [1.54, 1.807) is 22.8 Å². The van der Waals surface area contributed by atoms with Crippen molar-refractivity contribution in [1.82, 2.24) is 9.29 Å². The molecule has 1 N–H and O–H groups in total. The van der Waals surface area contributed by atoms with E-state index in [0.29, 0.717) is 11.2 Å². The smallest absolute Gasteiger partial charge is 0.299 e. The molecule has 0 saturated heterocycles. The summed E-state index contributed by atoms with van der Waals surface area (Å²) in [5.74, 6) is 0. The summed E-state index contributed by atoms with van der Waals surface area (Å²) in [4.78, 5) is 12.1. The van der Waals surface area contributed by atoms with E-state index in [4.69, 9.17) is 0 Å². The first-order valence-corrected chi connectivity index (χ1v) is 9.34. The highest BCUT2D eigenvalue weighted by molar-refractivity contribution is 7.89. The van der Waals surface area contributed by atoms with Crippen molar-refractivity contribution in [1.29, 1.82) is 0 Å². The number of hydrogen-bond acceptors (Lipinski definition) is 4. The zero-order valence-electron chi connectivity index (χ0n) is 12.4. The van der Waals surface area contributed by atoms with Crippen molar-refractivity contribution in [3.8, 4) is 0 Å². The first-order chi connectivity index (χ1) is 9.89. The van der Waals surface area contributed by atoms with Gasteiger partial charge in [-0.1, -0.05) is 25.2 Å². The van der Waals surface area contributed by atoms with Gasteiger partial charge in [0, 0.05) is 12.6 Å². The zero-order chi connectivity index (χ0) is 15.6. The minimum absolute atomic E-state index is 0.0451. The van der Waals surface area contributed by atoms with Gasteiger partial charge >= 0.3 is 4.87 Å². The summed E-state index contributed by atoms with van der Waals surface area (Å²) in [6, 6.07) is 4.74. The van der Waals surface area contributed by atoms with Gasteiger partial charge in [0.25, 0.3) is 0 Å². The fourth-order valence-corrected chi connectivity index (χ4v) is 4.45. The van der Waals surface area contributed by atoms with E-state index < -0.39 is 10.0 Å². The number of nitrogens with one attached hydrogen (secondary N) is 1. The lowest BCUT2D eigenvalue weighted by molar-refractivity contribution is 0.556. The Bertz CT molecular complexity index is 790. The minimum atomic E-state index is -3.53. The summed E-state index contributed by atoms with van der Waals surface area (Å²) < 4.78 is 29.6. The normalized spacial score (nSPS) is 13.7. The number of aryl methyl sites for hydroxylation is 1. The molecule has 0 saturated carbocycles. The van der Waals surface area contributed by atoms with E-state index in [0.717, 1.165) is 29.7 Å². The van der Waals surface area contributed by atoms with Gasteiger partial charge in [0.1, 0.15) is 0 Å². The number of thiazole rings is 1. The van der Waals surface area contributed by atoms with Gasteiger partial charge in [-0.3, -0.25) is 9.36 Å². The minimum Gasteiger partial charge on any atom is -0.299 e. The molecule has 0 aliphatic rings. The molecule has 116 valence electrons. The van der Waals surface area contributed by atoms with E-state index in [2.05, 4.69) is 4.72 Å². The second-order valence-corrected chi connectivity index (χ2v) is 7.79. The predicted octanol–water partition coefficient (Wildman–Crippen LogP) is 2.55. The van der Waals surface area contributed by atoms with Gasteiger partial charge in [-0.25, -0.2) is 13.1 Å². The van der Waals surface area contributed by atoms with Crippen molar-refractivity contribution in [2.45, 2.75) is 51.1 Å². The van der Waals surface area contributed by atoms with Crippen molar-refractivity contribution < 1.29 is 8.42 Å². The number of aromatic nitrogens is 1. The summed E-state index contributed by atoms with van der Waals surface area (Å²) in [6.07, 6.45) is 1.59. The molecular formula is C14H20N2O3S2. The number of rotatable bonds is 6. The van der Waals surface area contributed by atoms with E-state index in [-0.39, 0.29) is 15.8 Å². The molecule has 2 rings (SSSR count). The third-order valence-corrected chi connectivity index (χ3v) is 5.90. The van der Waals surface area contributed by atoms with E-state index in [1.165, 1.54) is 0 Å². The van der Waals surface area contributed by atoms with Gasteiger partial charge in [0.05, 0.1) is 15.1 Å². The van der Waals surface area contributed by atoms with Crippen LogP contribution in [0, 0.1) is 0 Å². The number of nitrogens with zero attached hydrogens (tertiary/aromatic N) is 1. The van der Waals surface area contributed by atoms with Gasteiger partial charge in [0.2, 0.25) is 10.0 Å². The predicted molar refractivity (Wildman–Crippen MR) is 86.5 cm³/mol. The molecule has 0 radical (unpaired) electrons. The van der Waals surface area contributed by atoms with Crippen molar-refractivity contribution in [2.24, 2.45) is 0 Å². The van der Waals surface area contributed by atoms with Gasteiger partial charge in [-0.2, -0.15) is 0 Å². The van der Waals surface area contributed by atoms with Crippen LogP contribution in [0.15, 0.2) is 27.9 Å². The number of sulfonamides is 1. The summed E-state index contributed by atoms with van der Waals surface area (Å²) >= 11 is 1.09. The first kappa shape index (κ1) is 16.2. The summed E-state index contributed by atoms with van der Waals surface area (Å²) in [5, 5.41) is 0. The Kier molecular flexibility index (Phi) is 4.85. The molecule has 2 aromatic rings. The average molecular weight is 328 g/mol. The van der Waals surface area contributed by atoms with Gasteiger partial charge < -0.3 is 0 Å². The third kappa shape index (κ3) is 3.36. The van der Waals surface area contributed by atoms with Crippen LogP contribution in [0.5, 0.6) is 0 Å². The topological polar surface area (TPSA) is 68.2 Å². The third-order valence-electron chi connectivity index (χ3n) is 3.37. The molecular weight excluding hydrogens is 308 g/mol. The fraction of sp³-hybridized carbons (Fsp3) is 0.500. The van der Waals surface area contributed by atoms with Crippen LogP contribution >= 0.6 is 11.3 Å². The quantitative estimate of drug-likeness (QED) is 0.886. The molecule has 1 aromatic carbocycles. The second kappa shape index (κ2) is 6.29. The molecule has 21 heavy (non-hydrogen) atoms. The van der Waals surface area contributed by atoms with Crippen LogP contribution in [-0.2, 0) is 16.6 Å². The lowest BCUT2D eigenvalue weighted by Crippen LogP contribution is -2.31. The highest BCUT2D eigenvalue weighted by atomic mass is 32.2. The summed E-state index contributed by atoms with van der Waals surface area (Å²) in [5.41, 5.74) is 0.800. The molecule has 1 aromatic heterocycles. The number of benzene rings is 1. The molecule has 0 amide bonds. The second-order valence-electron chi connectivity index (χ2n) is 5.08. The Morgan fingerprint density at radius 3 is 2.67 bits per heavy atom.